The minimum atomic E-state index is -0.512. The Morgan fingerprint density at radius 3 is 2.90 bits per heavy atom. The minimum absolute atomic E-state index is 0.220. The lowest BCUT2D eigenvalue weighted by atomic mass is 10.2. The van der Waals surface area contributed by atoms with Crippen molar-refractivity contribution in [3.05, 3.63) is 51.7 Å². The summed E-state index contributed by atoms with van der Waals surface area (Å²) >= 11 is 1.09. The summed E-state index contributed by atoms with van der Waals surface area (Å²) in [5, 5.41) is 11.9. The van der Waals surface area contributed by atoms with Gasteiger partial charge in [0.1, 0.15) is 5.82 Å². The first-order valence-electron chi connectivity index (χ1n) is 5.53. The average molecular weight is 294 g/mol. The number of oxime groups is 1. The molecule has 0 aliphatic carbocycles. The third-order valence-electron chi connectivity index (χ3n) is 2.38. The summed E-state index contributed by atoms with van der Waals surface area (Å²) in [6.45, 7) is 1.69. The van der Waals surface area contributed by atoms with Crippen LogP contribution in [0.25, 0.3) is 0 Å². The van der Waals surface area contributed by atoms with Crippen molar-refractivity contribution in [3.63, 3.8) is 0 Å². The number of amidine groups is 1. The van der Waals surface area contributed by atoms with Crippen molar-refractivity contribution in [3.8, 4) is 0 Å². The largest absolute Gasteiger partial charge is 0.409 e. The third-order valence-corrected chi connectivity index (χ3v) is 3.34. The number of aromatic amines is 1. The lowest BCUT2D eigenvalue weighted by molar-refractivity contribution is 0.318. The summed E-state index contributed by atoms with van der Waals surface area (Å²) in [5.74, 6) is -0.733. The molecule has 6 nitrogen and oxygen atoms in total. The van der Waals surface area contributed by atoms with E-state index in [1.807, 2.05) is 0 Å². The van der Waals surface area contributed by atoms with Crippen molar-refractivity contribution < 1.29 is 9.60 Å². The maximum Gasteiger partial charge on any atom is 0.251 e. The SMILES string of the molecule is Cc1cc(=O)[nH]c(Sc2ccc(F)cc2C(N)=NO)n1. The van der Waals surface area contributed by atoms with Gasteiger partial charge >= 0.3 is 0 Å². The van der Waals surface area contributed by atoms with E-state index < -0.39 is 5.82 Å². The Balaban J connectivity index is 2.45. The van der Waals surface area contributed by atoms with E-state index in [2.05, 4.69) is 15.1 Å². The van der Waals surface area contributed by atoms with Gasteiger partial charge in [0.2, 0.25) is 0 Å². The summed E-state index contributed by atoms with van der Waals surface area (Å²) in [5.41, 5.74) is 6.00. The van der Waals surface area contributed by atoms with Gasteiger partial charge in [0.15, 0.2) is 11.0 Å². The molecule has 0 unspecified atom stereocenters. The molecule has 0 fully saturated rings. The first-order valence-corrected chi connectivity index (χ1v) is 6.34. The van der Waals surface area contributed by atoms with Crippen LogP contribution in [0.15, 0.2) is 44.3 Å². The zero-order valence-corrected chi connectivity index (χ0v) is 11.2. The minimum Gasteiger partial charge on any atom is -0.409 e. The van der Waals surface area contributed by atoms with Gasteiger partial charge in [-0.25, -0.2) is 9.37 Å². The normalized spacial score (nSPS) is 11.6. The maximum atomic E-state index is 13.2. The highest BCUT2D eigenvalue weighted by Crippen LogP contribution is 2.28. The monoisotopic (exact) mass is 294 g/mol. The molecule has 1 aromatic carbocycles. The van der Waals surface area contributed by atoms with Crippen LogP contribution < -0.4 is 11.3 Å². The molecule has 1 aromatic heterocycles. The quantitative estimate of drug-likeness (QED) is 0.261. The lowest BCUT2D eigenvalue weighted by Gasteiger charge is -2.07. The van der Waals surface area contributed by atoms with Crippen molar-refractivity contribution in [1.29, 1.82) is 0 Å². The molecule has 0 saturated carbocycles. The Morgan fingerprint density at radius 2 is 2.25 bits per heavy atom. The molecule has 8 heteroatoms. The summed E-state index contributed by atoms with van der Waals surface area (Å²) in [4.78, 5) is 18.6. The number of aromatic nitrogens is 2. The maximum absolute atomic E-state index is 13.2. The second kappa shape index (κ2) is 5.74. The van der Waals surface area contributed by atoms with E-state index >= 15 is 0 Å². The van der Waals surface area contributed by atoms with Gasteiger partial charge in [0.25, 0.3) is 5.56 Å². The van der Waals surface area contributed by atoms with Gasteiger partial charge in [-0.2, -0.15) is 0 Å². The molecule has 0 aliphatic heterocycles. The van der Waals surface area contributed by atoms with Crippen molar-refractivity contribution in [2.45, 2.75) is 17.0 Å². The number of benzene rings is 1. The van der Waals surface area contributed by atoms with Gasteiger partial charge in [-0.15, -0.1) is 0 Å². The molecular weight excluding hydrogens is 283 g/mol. The standard InChI is InChI=1S/C12H11FN4O2S/c1-6-4-10(18)16-12(15-6)20-9-3-2-7(13)5-8(9)11(14)17-19/h2-5,19H,1H3,(H2,14,17)(H,15,16,18). The average Bonchev–Trinajstić information content (AvgIpc) is 2.38. The van der Waals surface area contributed by atoms with Crippen LogP contribution in [0.3, 0.4) is 0 Å². The van der Waals surface area contributed by atoms with Crippen LogP contribution in [0.4, 0.5) is 4.39 Å². The molecule has 0 aliphatic rings. The Labute approximate surface area is 117 Å². The van der Waals surface area contributed by atoms with Gasteiger partial charge in [-0.05, 0) is 25.1 Å². The van der Waals surface area contributed by atoms with Crippen LogP contribution in [0.5, 0.6) is 0 Å². The molecule has 0 saturated heterocycles. The van der Waals surface area contributed by atoms with Crippen molar-refractivity contribution in [2.75, 3.05) is 0 Å². The van der Waals surface area contributed by atoms with E-state index in [1.54, 1.807) is 6.92 Å². The molecule has 0 radical (unpaired) electrons. The number of hydrogen-bond acceptors (Lipinski definition) is 5. The van der Waals surface area contributed by atoms with E-state index in [-0.39, 0.29) is 17.0 Å². The molecular formula is C12H11FN4O2S. The Kier molecular flexibility index (Phi) is 4.04. The fourth-order valence-corrected chi connectivity index (χ4v) is 2.51. The van der Waals surface area contributed by atoms with Crippen LogP contribution in [-0.4, -0.2) is 21.0 Å². The summed E-state index contributed by atoms with van der Waals surface area (Å²) < 4.78 is 13.2. The highest BCUT2D eigenvalue weighted by Gasteiger charge is 2.11. The zero-order valence-electron chi connectivity index (χ0n) is 10.4. The van der Waals surface area contributed by atoms with Crippen molar-refractivity contribution >= 4 is 17.6 Å². The predicted molar refractivity (Wildman–Crippen MR) is 72.6 cm³/mol. The third kappa shape index (κ3) is 3.15. The Morgan fingerprint density at radius 1 is 1.50 bits per heavy atom. The number of nitrogens with one attached hydrogen (secondary N) is 1. The van der Waals surface area contributed by atoms with Gasteiger partial charge < -0.3 is 15.9 Å². The number of rotatable bonds is 3. The van der Waals surface area contributed by atoms with Gasteiger partial charge in [0.05, 0.1) is 0 Å². The van der Waals surface area contributed by atoms with Crippen molar-refractivity contribution in [2.24, 2.45) is 10.9 Å². The van der Waals surface area contributed by atoms with Gasteiger partial charge in [-0.1, -0.05) is 16.9 Å². The molecule has 20 heavy (non-hydrogen) atoms. The number of H-pyrrole nitrogens is 1. The lowest BCUT2D eigenvalue weighted by Crippen LogP contribution is -2.15. The van der Waals surface area contributed by atoms with Crippen LogP contribution in [0.2, 0.25) is 0 Å². The highest BCUT2D eigenvalue weighted by molar-refractivity contribution is 7.99. The predicted octanol–water partition coefficient (Wildman–Crippen LogP) is 1.46. The first kappa shape index (κ1) is 14.1. The molecule has 2 rings (SSSR count). The molecule has 0 atom stereocenters. The summed E-state index contributed by atoms with van der Waals surface area (Å²) in [6, 6.07) is 5.21. The number of nitrogens with two attached hydrogens (primary N) is 1. The zero-order chi connectivity index (χ0) is 14.7. The van der Waals surface area contributed by atoms with Crippen LogP contribution >= 0.6 is 11.8 Å². The fraction of sp³-hybridized carbons (Fsp3) is 0.0833. The Bertz CT molecular complexity index is 730. The molecule has 4 N–H and O–H groups in total. The number of halogens is 1. The molecule has 0 amide bonds. The van der Waals surface area contributed by atoms with E-state index in [9.17, 15) is 9.18 Å². The number of nitrogens with zero attached hydrogens (tertiary/aromatic N) is 2. The van der Waals surface area contributed by atoms with E-state index in [0.29, 0.717) is 15.7 Å². The number of hydrogen-bond donors (Lipinski definition) is 3. The topological polar surface area (TPSA) is 104 Å². The van der Waals surface area contributed by atoms with Crippen molar-refractivity contribution in [1.82, 2.24) is 9.97 Å². The van der Waals surface area contributed by atoms with Gasteiger partial charge in [0, 0.05) is 22.2 Å². The van der Waals surface area contributed by atoms with Gasteiger partial charge in [-0.3, -0.25) is 4.79 Å². The van der Waals surface area contributed by atoms with Crippen LogP contribution in [-0.2, 0) is 0 Å². The van der Waals surface area contributed by atoms with E-state index in [0.717, 1.165) is 17.8 Å². The second-order valence-corrected chi connectivity index (χ2v) is 4.95. The van der Waals surface area contributed by atoms with E-state index in [1.165, 1.54) is 18.2 Å². The molecule has 0 bridgehead atoms. The first-order chi connectivity index (χ1) is 9.49. The molecule has 0 spiro atoms. The summed E-state index contributed by atoms with van der Waals surface area (Å²) in [7, 11) is 0. The number of aryl methyl sites for hydroxylation is 1. The molecule has 104 valence electrons. The van der Waals surface area contributed by atoms with E-state index in [4.69, 9.17) is 10.9 Å². The molecule has 2 aromatic rings. The van der Waals surface area contributed by atoms with Crippen LogP contribution in [0, 0.1) is 12.7 Å². The highest BCUT2D eigenvalue weighted by atomic mass is 32.2. The smallest absolute Gasteiger partial charge is 0.251 e. The second-order valence-electron chi connectivity index (χ2n) is 3.92. The summed E-state index contributed by atoms with van der Waals surface area (Å²) in [6.07, 6.45) is 0. The molecule has 1 heterocycles. The fourth-order valence-electron chi connectivity index (χ4n) is 1.55. The Hall–Kier alpha value is -2.35. The van der Waals surface area contributed by atoms with Crippen LogP contribution in [0.1, 0.15) is 11.3 Å².